The molecule has 0 bridgehead atoms. The van der Waals surface area contributed by atoms with Crippen molar-refractivity contribution in [1.82, 2.24) is 10.2 Å². The molecule has 2 amide bonds. The number of carbonyl (C=O) groups excluding carboxylic acids is 2. The molecule has 1 aliphatic carbocycles. The van der Waals surface area contributed by atoms with E-state index in [0.717, 1.165) is 37.5 Å². The molecular formula is C28H39N3O5S. The molecular weight excluding hydrogens is 490 g/mol. The molecule has 2 aromatic rings. The SMILES string of the molecule is COc1ccc(CN(C(=O)CCCN(c2ccccc2)S(C)(=O)=O)C(C)C(=O)NC2CCCCC2)cc1. The highest BCUT2D eigenvalue weighted by Gasteiger charge is 2.28. The Morgan fingerprint density at radius 2 is 1.68 bits per heavy atom. The minimum atomic E-state index is -3.51. The molecule has 2 aromatic carbocycles. The molecule has 0 aromatic heterocycles. The molecule has 8 nitrogen and oxygen atoms in total. The third-order valence-electron chi connectivity index (χ3n) is 6.83. The summed E-state index contributed by atoms with van der Waals surface area (Å²) in [5, 5.41) is 3.13. The van der Waals surface area contributed by atoms with Gasteiger partial charge in [0.15, 0.2) is 0 Å². The number of ether oxygens (including phenoxy) is 1. The highest BCUT2D eigenvalue weighted by Crippen LogP contribution is 2.21. The smallest absolute Gasteiger partial charge is 0.242 e. The third kappa shape index (κ3) is 8.49. The van der Waals surface area contributed by atoms with E-state index in [-0.39, 0.29) is 37.4 Å². The highest BCUT2D eigenvalue weighted by atomic mass is 32.2. The molecule has 9 heteroatoms. The fourth-order valence-corrected chi connectivity index (χ4v) is 5.64. The molecule has 1 saturated carbocycles. The fraction of sp³-hybridized carbons (Fsp3) is 0.500. The van der Waals surface area contributed by atoms with E-state index in [9.17, 15) is 18.0 Å². The summed E-state index contributed by atoms with van der Waals surface area (Å²) < 4.78 is 31.3. The average Bonchev–Trinajstić information content (AvgIpc) is 2.90. The van der Waals surface area contributed by atoms with Gasteiger partial charge < -0.3 is 15.0 Å². The number of rotatable bonds is 12. The monoisotopic (exact) mass is 529 g/mol. The summed E-state index contributed by atoms with van der Waals surface area (Å²) >= 11 is 0. The van der Waals surface area contributed by atoms with Crippen LogP contribution in [0.25, 0.3) is 0 Å². The highest BCUT2D eigenvalue weighted by molar-refractivity contribution is 7.92. The molecule has 1 unspecified atom stereocenters. The van der Waals surface area contributed by atoms with Gasteiger partial charge in [0.2, 0.25) is 21.8 Å². The first-order chi connectivity index (χ1) is 17.7. The molecule has 1 aliphatic rings. The van der Waals surface area contributed by atoms with Crippen LogP contribution in [0.2, 0.25) is 0 Å². The Morgan fingerprint density at radius 3 is 2.27 bits per heavy atom. The molecule has 3 rings (SSSR count). The Bertz CT molecular complexity index is 1120. The average molecular weight is 530 g/mol. The summed E-state index contributed by atoms with van der Waals surface area (Å²) in [4.78, 5) is 28.2. The summed E-state index contributed by atoms with van der Waals surface area (Å²) in [6, 6.07) is 15.8. The second kappa shape index (κ2) is 13.5. The van der Waals surface area contributed by atoms with Crippen LogP contribution in [0.4, 0.5) is 5.69 Å². The van der Waals surface area contributed by atoms with Crippen LogP contribution in [0.15, 0.2) is 54.6 Å². The number of hydrogen-bond donors (Lipinski definition) is 1. The quantitative estimate of drug-likeness (QED) is 0.447. The van der Waals surface area contributed by atoms with Gasteiger partial charge in [0.25, 0.3) is 0 Å². The topological polar surface area (TPSA) is 96.0 Å². The van der Waals surface area contributed by atoms with E-state index in [2.05, 4.69) is 5.32 Å². The number of nitrogens with one attached hydrogen (secondary N) is 1. The van der Waals surface area contributed by atoms with Gasteiger partial charge in [-0.1, -0.05) is 49.6 Å². The number of hydrogen-bond acceptors (Lipinski definition) is 5. The van der Waals surface area contributed by atoms with Crippen LogP contribution in [0.1, 0.15) is 57.4 Å². The summed E-state index contributed by atoms with van der Waals surface area (Å²) in [5.41, 5.74) is 1.45. The number of methoxy groups -OCH3 is 1. The maximum atomic E-state index is 13.4. The van der Waals surface area contributed by atoms with Crippen molar-refractivity contribution in [3.63, 3.8) is 0 Å². The van der Waals surface area contributed by atoms with E-state index < -0.39 is 16.1 Å². The minimum absolute atomic E-state index is 0.121. The van der Waals surface area contributed by atoms with E-state index in [1.165, 1.54) is 10.7 Å². The van der Waals surface area contributed by atoms with Crippen molar-refractivity contribution in [1.29, 1.82) is 0 Å². The van der Waals surface area contributed by atoms with Crippen LogP contribution in [-0.2, 0) is 26.2 Å². The van der Waals surface area contributed by atoms with Gasteiger partial charge in [-0.25, -0.2) is 8.42 Å². The van der Waals surface area contributed by atoms with E-state index in [1.807, 2.05) is 30.3 Å². The lowest BCUT2D eigenvalue weighted by molar-refractivity contribution is -0.141. The number of amides is 2. The van der Waals surface area contributed by atoms with E-state index >= 15 is 0 Å². The van der Waals surface area contributed by atoms with Crippen LogP contribution in [-0.4, -0.2) is 57.1 Å². The normalized spacial score (nSPS) is 15.0. The predicted molar refractivity (Wildman–Crippen MR) is 146 cm³/mol. The predicted octanol–water partition coefficient (Wildman–Crippen LogP) is 4.11. The number of carbonyl (C=O) groups is 2. The summed E-state index contributed by atoms with van der Waals surface area (Å²) in [5.74, 6) is 0.367. The maximum Gasteiger partial charge on any atom is 0.242 e. The number of anilines is 1. The van der Waals surface area contributed by atoms with Crippen molar-refractivity contribution in [2.75, 3.05) is 24.2 Å². The second-order valence-electron chi connectivity index (χ2n) is 9.66. The molecule has 1 N–H and O–H groups in total. The largest absolute Gasteiger partial charge is 0.497 e. The first-order valence-corrected chi connectivity index (χ1v) is 14.8. The first kappa shape index (κ1) is 28.5. The van der Waals surface area contributed by atoms with Gasteiger partial charge in [-0.15, -0.1) is 0 Å². The Morgan fingerprint density at radius 1 is 1.03 bits per heavy atom. The maximum absolute atomic E-state index is 13.4. The molecule has 0 radical (unpaired) electrons. The second-order valence-corrected chi connectivity index (χ2v) is 11.6. The van der Waals surface area contributed by atoms with Gasteiger partial charge >= 0.3 is 0 Å². The summed E-state index contributed by atoms with van der Waals surface area (Å²) in [6.07, 6.45) is 6.94. The van der Waals surface area contributed by atoms with Gasteiger partial charge in [0.05, 0.1) is 19.1 Å². The third-order valence-corrected chi connectivity index (χ3v) is 8.02. The molecule has 1 fully saturated rings. The van der Waals surface area contributed by atoms with Crippen LogP contribution in [0.5, 0.6) is 5.75 Å². The zero-order valence-corrected chi connectivity index (χ0v) is 22.9. The van der Waals surface area contributed by atoms with Crippen molar-refractivity contribution in [3.8, 4) is 5.75 Å². The standard InChI is InChI=1S/C28H39N3O5S/c1-22(28(33)29-24-11-6-4-7-12-24)30(21-23-16-18-26(36-2)19-17-23)27(32)15-10-20-31(37(3,34)35)25-13-8-5-9-14-25/h5,8-9,13-14,16-19,22,24H,4,6-7,10-12,15,20-21H2,1-3H3,(H,29,33). The summed E-state index contributed by atoms with van der Waals surface area (Å²) in [7, 11) is -1.91. The number of nitrogens with zero attached hydrogens (tertiary/aromatic N) is 2. The molecule has 202 valence electrons. The molecule has 0 aliphatic heterocycles. The zero-order valence-electron chi connectivity index (χ0n) is 22.1. The van der Waals surface area contributed by atoms with Crippen LogP contribution < -0.4 is 14.4 Å². The number of benzene rings is 2. The van der Waals surface area contributed by atoms with Crippen molar-refractivity contribution in [3.05, 3.63) is 60.2 Å². The molecule has 0 spiro atoms. The van der Waals surface area contributed by atoms with Gasteiger partial charge in [-0.05, 0) is 56.0 Å². The van der Waals surface area contributed by atoms with Gasteiger partial charge in [-0.3, -0.25) is 13.9 Å². The van der Waals surface area contributed by atoms with Crippen molar-refractivity contribution < 1.29 is 22.7 Å². The van der Waals surface area contributed by atoms with Crippen molar-refractivity contribution in [2.45, 2.75) is 70.5 Å². The van der Waals surface area contributed by atoms with Crippen LogP contribution in [0, 0.1) is 0 Å². The Balaban J connectivity index is 1.70. The van der Waals surface area contributed by atoms with Gasteiger partial charge in [0, 0.05) is 25.6 Å². The minimum Gasteiger partial charge on any atom is -0.497 e. The fourth-order valence-electron chi connectivity index (χ4n) is 4.68. The molecule has 1 atom stereocenters. The van der Waals surface area contributed by atoms with Crippen LogP contribution >= 0.6 is 0 Å². The number of sulfonamides is 1. The Labute approximate surface area is 221 Å². The van der Waals surface area contributed by atoms with E-state index in [4.69, 9.17) is 4.74 Å². The molecule has 37 heavy (non-hydrogen) atoms. The van der Waals surface area contributed by atoms with Crippen LogP contribution in [0.3, 0.4) is 0 Å². The van der Waals surface area contributed by atoms with Gasteiger partial charge in [-0.2, -0.15) is 0 Å². The molecule has 0 saturated heterocycles. The summed E-state index contributed by atoms with van der Waals surface area (Å²) in [6.45, 7) is 2.20. The Kier molecular flexibility index (Phi) is 10.4. The van der Waals surface area contributed by atoms with Gasteiger partial charge in [0.1, 0.15) is 11.8 Å². The van der Waals surface area contributed by atoms with Crippen molar-refractivity contribution in [2.24, 2.45) is 0 Å². The zero-order chi connectivity index (χ0) is 26.8. The van der Waals surface area contributed by atoms with E-state index in [1.54, 1.807) is 43.2 Å². The lowest BCUT2D eigenvalue weighted by Crippen LogP contribution is -2.50. The molecule has 0 heterocycles. The van der Waals surface area contributed by atoms with Crippen molar-refractivity contribution >= 4 is 27.5 Å². The first-order valence-electron chi connectivity index (χ1n) is 12.9. The van der Waals surface area contributed by atoms with E-state index in [0.29, 0.717) is 17.9 Å². The Hall–Kier alpha value is -3.07. The number of para-hydroxylation sites is 1. The lowest BCUT2D eigenvalue weighted by Gasteiger charge is -2.31. The lowest BCUT2D eigenvalue weighted by atomic mass is 9.95.